The van der Waals surface area contributed by atoms with Crippen LogP contribution >= 0.6 is 11.8 Å². The average Bonchev–Trinajstić information content (AvgIpc) is 2.48. The van der Waals surface area contributed by atoms with Crippen LogP contribution in [0, 0.1) is 0 Å². The van der Waals surface area contributed by atoms with Crippen LogP contribution < -0.4 is 10.6 Å². The van der Waals surface area contributed by atoms with E-state index in [0.717, 1.165) is 25.7 Å². The summed E-state index contributed by atoms with van der Waals surface area (Å²) in [6.45, 7) is 1.50. The third kappa shape index (κ3) is 4.33. The molecule has 0 radical (unpaired) electrons. The Balaban J connectivity index is 2.02. The molecule has 1 aliphatic carbocycles. The standard InChI is InChI=1S/C14H20N4O3S/c1-8(19)11-7-15-13(22-2)18-12(11)16-9-3-5-10(6-4-9)17-14(20)21/h7,9-10,17H,3-6H2,1-2H3,(H,20,21)(H,15,16,18)/t9-,10-. The minimum absolute atomic E-state index is 0.00925. The van der Waals surface area contributed by atoms with Crippen molar-refractivity contribution in [2.24, 2.45) is 0 Å². The first-order valence-corrected chi connectivity index (χ1v) is 8.40. The predicted molar refractivity (Wildman–Crippen MR) is 84.6 cm³/mol. The van der Waals surface area contributed by atoms with Gasteiger partial charge in [0, 0.05) is 18.3 Å². The van der Waals surface area contributed by atoms with Gasteiger partial charge >= 0.3 is 6.09 Å². The van der Waals surface area contributed by atoms with Crippen LogP contribution in [0.25, 0.3) is 0 Å². The molecule has 2 rings (SSSR count). The normalized spacial score (nSPS) is 21.2. The lowest BCUT2D eigenvalue weighted by Crippen LogP contribution is -2.39. The highest BCUT2D eigenvalue weighted by molar-refractivity contribution is 7.98. The maximum Gasteiger partial charge on any atom is 0.404 e. The fourth-order valence-electron chi connectivity index (χ4n) is 2.58. The first-order chi connectivity index (χ1) is 10.5. The highest BCUT2D eigenvalue weighted by atomic mass is 32.2. The lowest BCUT2D eigenvalue weighted by atomic mass is 9.91. The molecule has 1 aromatic rings. The monoisotopic (exact) mass is 324 g/mol. The van der Waals surface area contributed by atoms with Crippen molar-refractivity contribution in [3.8, 4) is 0 Å². The molecule has 1 heterocycles. The number of ketones is 1. The molecule has 22 heavy (non-hydrogen) atoms. The Bertz CT molecular complexity index is 559. The molecule has 3 N–H and O–H groups in total. The summed E-state index contributed by atoms with van der Waals surface area (Å²) in [6.07, 6.45) is 5.69. The van der Waals surface area contributed by atoms with Gasteiger partial charge in [0.2, 0.25) is 0 Å². The van der Waals surface area contributed by atoms with Crippen molar-refractivity contribution >= 4 is 29.5 Å². The fourth-order valence-corrected chi connectivity index (χ4v) is 2.92. The first kappa shape index (κ1) is 16.5. The lowest BCUT2D eigenvalue weighted by molar-refractivity contribution is 0.101. The molecule has 0 unspecified atom stereocenters. The van der Waals surface area contributed by atoms with Gasteiger partial charge in [0.05, 0.1) is 5.56 Å². The summed E-state index contributed by atoms with van der Waals surface area (Å²) in [5, 5.41) is 15.2. The molecule has 1 saturated carbocycles. The van der Waals surface area contributed by atoms with E-state index >= 15 is 0 Å². The number of carboxylic acid groups (broad SMARTS) is 1. The Kier molecular flexibility index (Phi) is 5.59. The quantitative estimate of drug-likeness (QED) is 0.434. The lowest BCUT2D eigenvalue weighted by Gasteiger charge is -2.29. The first-order valence-electron chi connectivity index (χ1n) is 7.17. The molecule has 0 aliphatic heterocycles. The van der Waals surface area contributed by atoms with Gasteiger partial charge in [-0.05, 0) is 38.9 Å². The summed E-state index contributed by atoms with van der Waals surface area (Å²) in [5.74, 6) is 0.498. The molecule has 0 spiro atoms. The van der Waals surface area contributed by atoms with Crippen molar-refractivity contribution in [2.45, 2.75) is 49.8 Å². The van der Waals surface area contributed by atoms with Crippen LogP contribution in [0.1, 0.15) is 43.0 Å². The fraction of sp³-hybridized carbons (Fsp3) is 0.571. The van der Waals surface area contributed by atoms with E-state index in [-0.39, 0.29) is 17.9 Å². The Morgan fingerprint density at radius 3 is 2.45 bits per heavy atom. The topological polar surface area (TPSA) is 104 Å². The zero-order valence-electron chi connectivity index (χ0n) is 12.6. The number of aromatic nitrogens is 2. The number of nitrogens with one attached hydrogen (secondary N) is 2. The van der Waals surface area contributed by atoms with E-state index < -0.39 is 6.09 Å². The molecular formula is C14H20N4O3S. The van der Waals surface area contributed by atoms with Gasteiger partial charge in [-0.1, -0.05) is 11.8 Å². The molecule has 120 valence electrons. The highest BCUT2D eigenvalue weighted by Crippen LogP contribution is 2.24. The number of hydrogen-bond donors (Lipinski definition) is 3. The zero-order valence-corrected chi connectivity index (χ0v) is 13.4. The highest BCUT2D eigenvalue weighted by Gasteiger charge is 2.23. The number of anilines is 1. The third-order valence-electron chi connectivity index (χ3n) is 3.72. The van der Waals surface area contributed by atoms with Crippen molar-refractivity contribution in [2.75, 3.05) is 11.6 Å². The largest absolute Gasteiger partial charge is 0.465 e. The molecule has 1 aromatic heterocycles. The van der Waals surface area contributed by atoms with Crippen LogP contribution in [0.2, 0.25) is 0 Å². The summed E-state index contributed by atoms with van der Waals surface area (Å²) < 4.78 is 0. The van der Waals surface area contributed by atoms with E-state index in [1.807, 2.05) is 6.26 Å². The second kappa shape index (κ2) is 7.44. The number of carbonyl (C=O) groups is 2. The molecule has 0 atom stereocenters. The van der Waals surface area contributed by atoms with E-state index in [1.54, 1.807) is 6.20 Å². The van der Waals surface area contributed by atoms with E-state index in [9.17, 15) is 9.59 Å². The predicted octanol–water partition coefficient (Wildman–Crippen LogP) is 2.39. The molecule has 1 fully saturated rings. The number of Topliss-reactive ketones (excluding diaryl/α,β-unsaturated/α-hetero) is 1. The minimum atomic E-state index is -0.976. The second-order valence-corrected chi connectivity index (χ2v) is 6.09. The van der Waals surface area contributed by atoms with Crippen LogP contribution in [0.5, 0.6) is 0 Å². The molecule has 8 heteroatoms. The molecule has 1 aliphatic rings. The van der Waals surface area contributed by atoms with Crippen LogP contribution in [0.3, 0.4) is 0 Å². The summed E-state index contributed by atoms with van der Waals surface area (Å²) in [5.41, 5.74) is 0.489. The maximum atomic E-state index is 11.7. The van der Waals surface area contributed by atoms with Crippen LogP contribution in [-0.4, -0.2) is 45.3 Å². The Morgan fingerprint density at radius 2 is 1.91 bits per heavy atom. The van der Waals surface area contributed by atoms with E-state index in [2.05, 4.69) is 20.6 Å². The van der Waals surface area contributed by atoms with Gasteiger partial charge in [-0.3, -0.25) is 4.79 Å². The van der Waals surface area contributed by atoms with Gasteiger partial charge < -0.3 is 15.7 Å². The molecule has 0 aromatic carbocycles. The SMILES string of the molecule is CSc1ncc(C(C)=O)c(N[C@H]2CC[C@H](NC(=O)O)CC2)n1. The molecule has 0 bridgehead atoms. The second-order valence-electron chi connectivity index (χ2n) is 5.32. The third-order valence-corrected chi connectivity index (χ3v) is 4.29. The van der Waals surface area contributed by atoms with Crippen LogP contribution in [0.15, 0.2) is 11.4 Å². The number of hydrogen-bond acceptors (Lipinski definition) is 6. The molecule has 1 amide bonds. The Morgan fingerprint density at radius 1 is 1.27 bits per heavy atom. The van der Waals surface area contributed by atoms with Gasteiger partial charge in [-0.25, -0.2) is 14.8 Å². The number of nitrogens with zero attached hydrogens (tertiary/aromatic N) is 2. The van der Waals surface area contributed by atoms with Crippen molar-refractivity contribution in [1.29, 1.82) is 0 Å². The smallest absolute Gasteiger partial charge is 0.404 e. The summed E-state index contributed by atoms with van der Waals surface area (Å²) in [4.78, 5) is 30.8. The van der Waals surface area contributed by atoms with E-state index in [1.165, 1.54) is 18.7 Å². The Labute approximate surface area is 133 Å². The zero-order chi connectivity index (χ0) is 16.1. The van der Waals surface area contributed by atoms with Crippen molar-refractivity contribution in [3.63, 3.8) is 0 Å². The van der Waals surface area contributed by atoms with Gasteiger partial charge in [-0.2, -0.15) is 0 Å². The van der Waals surface area contributed by atoms with Gasteiger partial charge in [0.15, 0.2) is 10.9 Å². The van der Waals surface area contributed by atoms with Gasteiger partial charge in [-0.15, -0.1) is 0 Å². The van der Waals surface area contributed by atoms with Crippen molar-refractivity contribution < 1.29 is 14.7 Å². The van der Waals surface area contributed by atoms with E-state index in [4.69, 9.17) is 5.11 Å². The average molecular weight is 324 g/mol. The number of amides is 1. The summed E-state index contributed by atoms with van der Waals surface area (Å²) in [7, 11) is 0. The summed E-state index contributed by atoms with van der Waals surface area (Å²) in [6, 6.07) is 0.199. The number of rotatable bonds is 5. The van der Waals surface area contributed by atoms with Gasteiger partial charge in [0.25, 0.3) is 0 Å². The molecule has 7 nitrogen and oxygen atoms in total. The molecule has 0 saturated heterocycles. The van der Waals surface area contributed by atoms with Crippen LogP contribution in [0.4, 0.5) is 10.6 Å². The number of carbonyl (C=O) groups excluding carboxylic acids is 1. The van der Waals surface area contributed by atoms with E-state index in [0.29, 0.717) is 16.5 Å². The maximum absolute atomic E-state index is 11.7. The summed E-state index contributed by atoms with van der Waals surface area (Å²) >= 11 is 1.42. The minimum Gasteiger partial charge on any atom is -0.465 e. The van der Waals surface area contributed by atoms with Crippen molar-refractivity contribution in [1.82, 2.24) is 15.3 Å². The van der Waals surface area contributed by atoms with Crippen molar-refractivity contribution in [3.05, 3.63) is 11.8 Å². The Hall–Kier alpha value is -1.83. The van der Waals surface area contributed by atoms with Gasteiger partial charge in [0.1, 0.15) is 5.82 Å². The number of thioether (sulfide) groups is 1. The van der Waals surface area contributed by atoms with Crippen LogP contribution in [-0.2, 0) is 0 Å². The molecular weight excluding hydrogens is 304 g/mol.